The molecule has 0 fully saturated rings. The molecular formula is C6H8N8O. The minimum atomic E-state index is -0.104. The number of nitrogens with zero attached hydrogens (tertiary/aromatic N) is 6. The van der Waals surface area contributed by atoms with Crippen molar-refractivity contribution in [2.24, 2.45) is 5.11 Å². The van der Waals surface area contributed by atoms with Gasteiger partial charge in [0.1, 0.15) is 0 Å². The van der Waals surface area contributed by atoms with E-state index >= 15 is 0 Å². The third-order valence-corrected chi connectivity index (χ3v) is 1.28. The van der Waals surface area contributed by atoms with Crippen molar-refractivity contribution >= 4 is 24.3 Å². The predicted molar refractivity (Wildman–Crippen MR) is 52.5 cm³/mol. The largest absolute Gasteiger partial charge is 0.354 e. The third-order valence-electron chi connectivity index (χ3n) is 1.28. The minimum Gasteiger partial charge on any atom is -0.354 e. The van der Waals surface area contributed by atoms with Crippen LogP contribution < -0.4 is 10.6 Å². The number of hydrogen-bond acceptors (Lipinski definition) is 6. The molecule has 0 saturated carbocycles. The van der Waals surface area contributed by atoms with E-state index in [2.05, 4.69) is 35.6 Å². The number of nitrogens with one attached hydrogen (secondary N) is 2. The van der Waals surface area contributed by atoms with E-state index in [9.17, 15) is 4.79 Å². The normalized spacial score (nSPS) is 8.87. The Labute approximate surface area is 84.6 Å². The second-order valence-electron chi connectivity index (χ2n) is 2.26. The molecule has 2 N–H and O–H groups in total. The van der Waals surface area contributed by atoms with Crippen LogP contribution in [0.5, 0.6) is 0 Å². The fraction of sp³-hybridized carbons (Fsp3) is 0.333. The second-order valence-corrected chi connectivity index (χ2v) is 2.26. The van der Waals surface area contributed by atoms with Crippen molar-refractivity contribution in [3.63, 3.8) is 0 Å². The van der Waals surface area contributed by atoms with Crippen LogP contribution in [0.15, 0.2) is 5.11 Å². The molecular weight excluding hydrogens is 200 g/mol. The summed E-state index contributed by atoms with van der Waals surface area (Å²) in [6.07, 6.45) is 0.422. The number of carbonyl (C=O) groups is 1. The van der Waals surface area contributed by atoms with Crippen LogP contribution in [0.3, 0.4) is 0 Å². The van der Waals surface area contributed by atoms with Gasteiger partial charge in [-0.25, -0.2) is 0 Å². The van der Waals surface area contributed by atoms with E-state index in [1.165, 1.54) is 0 Å². The Bertz CT molecular complexity index is 398. The molecule has 15 heavy (non-hydrogen) atoms. The monoisotopic (exact) mass is 208 g/mol. The van der Waals surface area contributed by atoms with Gasteiger partial charge in [-0.1, -0.05) is 0 Å². The van der Waals surface area contributed by atoms with Crippen molar-refractivity contribution in [2.45, 2.75) is 6.92 Å². The number of hydrogen-bond donors (Lipinski definition) is 2. The Kier molecular flexibility index (Phi) is 3.80. The molecule has 9 nitrogen and oxygen atoms in total. The van der Waals surface area contributed by atoms with Crippen LogP contribution in [0.4, 0.5) is 17.8 Å². The summed E-state index contributed by atoms with van der Waals surface area (Å²) in [6, 6.07) is 0. The Balaban J connectivity index is 3.06. The van der Waals surface area contributed by atoms with Gasteiger partial charge in [0, 0.05) is 11.5 Å². The number of amides is 1. The lowest BCUT2D eigenvalue weighted by atomic mass is 10.7. The summed E-state index contributed by atoms with van der Waals surface area (Å²) in [4.78, 5) is 24.0. The third kappa shape index (κ3) is 3.08. The van der Waals surface area contributed by atoms with Gasteiger partial charge in [0.05, 0.1) is 0 Å². The fourth-order valence-corrected chi connectivity index (χ4v) is 0.804. The van der Waals surface area contributed by atoms with Gasteiger partial charge in [0.25, 0.3) is 0 Å². The van der Waals surface area contributed by atoms with Gasteiger partial charge >= 0.3 is 0 Å². The topological polar surface area (TPSA) is 129 Å². The number of azide groups is 1. The first kappa shape index (κ1) is 10.7. The fourth-order valence-electron chi connectivity index (χ4n) is 0.804. The summed E-state index contributed by atoms with van der Waals surface area (Å²) < 4.78 is 0. The van der Waals surface area contributed by atoms with E-state index in [1.54, 1.807) is 0 Å². The smallest absolute Gasteiger partial charge is 0.234 e. The average molecular weight is 208 g/mol. The van der Waals surface area contributed by atoms with Crippen molar-refractivity contribution in [3.05, 3.63) is 10.4 Å². The van der Waals surface area contributed by atoms with Crippen molar-refractivity contribution in [1.29, 1.82) is 0 Å². The van der Waals surface area contributed by atoms with Crippen molar-refractivity contribution < 1.29 is 4.79 Å². The van der Waals surface area contributed by atoms with E-state index < -0.39 is 0 Å². The lowest BCUT2D eigenvalue weighted by molar-refractivity contribution is -0.105. The standard InChI is InChI=1S/C6H8N8O/c1-2-8-4-10-5(9-3-15)12-6(11-4)13-14-7/h3H,2H2,1H3,(H2,8,9,10,11,12,15). The molecule has 1 aromatic rings. The molecule has 0 bridgehead atoms. The summed E-state index contributed by atoms with van der Waals surface area (Å²) in [5, 5.41) is 8.26. The summed E-state index contributed by atoms with van der Waals surface area (Å²) in [5.41, 5.74) is 8.21. The molecule has 78 valence electrons. The van der Waals surface area contributed by atoms with Crippen molar-refractivity contribution in [3.8, 4) is 0 Å². The first-order valence-electron chi connectivity index (χ1n) is 4.05. The lowest BCUT2D eigenvalue weighted by Gasteiger charge is -2.03. The van der Waals surface area contributed by atoms with Gasteiger partial charge in [0.15, 0.2) is 0 Å². The van der Waals surface area contributed by atoms with E-state index in [4.69, 9.17) is 5.53 Å². The molecule has 0 unspecified atom stereocenters. The molecule has 0 aliphatic carbocycles. The van der Waals surface area contributed by atoms with E-state index in [1.807, 2.05) is 6.92 Å². The van der Waals surface area contributed by atoms with Crippen LogP contribution in [0.2, 0.25) is 0 Å². The number of rotatable bonds is 5. The maximum atomic E-state index is 10.2. The van der Waals surface area contributed by atoms with E-state index in [0.717, 1.165) is 0 Å². The maximum absolute atomic E-state index is 10.2. The average Bonchev–Trinajstić information content (AvgIpc) is 2.19. The van der Waals surface area contributed by atoms with Crippen molar-refractivity contribution in [1.82, 2.24) is 15.0 Å². The van der Waals surface area contributed by atoms with Crippen LogP contribution >= 0.6 is 0 Å². The minimum absolute atomic E-state index is 0.0263. The van der Waals surface area contributed by atoms with Gasteiger partial charge in [-0.2, -0.15) is 15.0 Å². The van der Waals surface area contributed by atoms with E-state index in [-0.39, 0.29) is 17.8 Å². The summed E-state index contributed by atoms with van der Waals surface area (Å²) in [6.45, 7) is 2.45. The highest BCUT2D eigenvalue weighted by Gasteiger charge is 2.03. The Morgan fingerprint density at radius 3 is 2.80 bits per heavy atom. The molecule has 0 aromatic carbocycles. The van der Waals surface area contributed by atoms with Gasteiger partial charge in [-0.15, -0.1) is 0 Å². The van der Waals surface area contributed by atoms with Crippen LogP contribution in [0, 0.1) is 0 Å². The summed E-state index contributed by atoms with van der Waals surface area (Å²) in [7, 11) is 0. The van der Waals surface area contributed by atoms with Gasteiger partial charge < -0.3 is 5.32 Å². The Morgan fingerprint density at radius 1 is 1.47 bits per heavy atom. The molecule has 0 aliphatic heterocycles. The van der Waals surface area contributed by atoms with Gasteiger partial charge in [-0.05, 0) is 17.6 Å². The SMILES string of the molecule is CCNc1nc(N=[N+]=[N-])nc(NC=O)n1. The molecule has 1 rings (SSSR count). The van der Waals surface area contributed by atoms with Gasteiger partial charge in [-0.3, -0.25) is 10.1 Å². The number of aromatic nitrogens is 3. The van der Waals surface area contributed by atoms with Crippen LogP contribution in [-0.4, -0.2) is 27.9 Å². The summed E-state index contributed by atoms with van der Waals surface area (Å²) >= 11 is 0. The molecule has 1 amide bonds. The molecule has 0 atom stereocenters. The highest BCUT2D eigenvalue weighted by Crippen LogP contribution is 2.10. The predicted octanol–water partition coefficient (Wildman–Crippen LogP) is 0.813. The Hall–Kier alpha value is -2.41. The molecule has 0 radical (unpaired) electrons. The molecule has 0 saturated heterocycles. The van der Waals surface area contributed by atoms with Crippen LogP contribution in [0.25, 0.3) is 10.4 Å². The van der Waals surface area contributed by atoms with Crippen molar-refractivity contribution in [2.75, 3.05) is 17.2 Å². The zero-order chi connectivity index (χ0) is 11.1. The summed E-state index contributed by atoms with van der Waals surface area (Å²) in [5.74, 6) is 0.158. The van der Waals surface area contributed by atoms with E-state index in [0.29, 0.717) is 13.0 Å². The van der Waals surface area contributed by atoms with Gasteiger partial charge in [0.2, 0.25) is 24.3 Å². The highest BCUT2D eigenvalue weighted by atomic mass is 16.1. The second kappa shape index (κ2) is 5.35. The number of carbonyl (C=O) groups excluding carboxylic acids is 1. The zero-order valence-electron chi connectivity index (χ0n) is 7.88. The first-order chi connectivity index (χ1) is 7.30. The highest BCUT2D eigenvalue weighted by molar-refractivity contribution is 5.67. The maximum Gasteiger partial charge on any atom is 0.234 e. The quantitative estimate of drug-likeness (QED) is 0.320. The zero-order valence-corrected chi connectivity index (χ0v) is 7.88. The first-order valence-corrected chi connectivity index (χ1v) is 4.05. The molecule has 1 aromatic heterocycles. The molecule has 0 aliphatic rings. The molecule has 1 heterocycles. The Morgan fingerprint density at radius 2 is 2.20 bits per heavy atom. The number of anilines is 2. The van der Waals surface area contributed by atoms with Crippen LogP contribution in [0.1, 0.15) is 6.92 Å². The molecule has 0 spiro atoms. The van der Waals surface area contributed by atoms with Crippen LogP contribution in [-0.2, 0) is 4.79 Å². The molecule has 9 heteroatoms. The lowest BCUT2D eigenvalue weighted by Crippen LogP contribution is -2.07.